The zero-order valence-electron chi connectivity index (χ0n) is 12.9. The Morgan fingerprint density at radius 1 is 1.30 bits per heavy atom. The molecule has 1 aromatic carbocycles. The van der Waals surface area contributed by atoms with E-state index < -0.39 is 0 Å². The smallest absolute Gasteiger partial charge is 0.254 e. The van der Waals surface area contributed by atoms with Crippen LogP contribution in [0.3, 0.4) is 0 Å². The number of hydrogen-bond donors (Lipinski definition) is 1. The highest BCUT2D eigenvalue weighted by Gasteiger charge is 2.18. The summed E-state index contributed by atoms with van der Waals surface area (Å²) >= 11 is 0. The number of benzene rings is 1. The fraction of sp³-hybridized carbons (Fsp3) is 0.588. The van der Waals surface area contributed by atoms with Gasteiger partial charge in [0, 0.05) is 25.2 Å². The van der Waals surface area contributed by atoms with Crippen LogP contribution in [-0.2, 0) is 0 Å². The minimum absolute atomic E-state index is 0.149. The van der Waals surface area contributed by atoms with E-state index >= 15 is 0 Å². The summed E-state index contributed by atoms with van der Waals surface area (Å²) in [5.41, 5.74) is 3.00. The van der Waals surface area contributed by atoms with Crippen LogP contribution in [0.1, 0.15) is 47.2 Å². The van der Waals surface area contributed by atoms with E-state index in [1.807, 2.05) is 44.0 Å². The topological polar surface area (TPSA) is 32.3 Å². The summed E-state index contributed by atoms with van der Waals surface area (Å²) in [6.45, 7) is 5.97. The van der Waals surface area contributed by atoms with Crippen molar-refractivity contribution in [1.82, 2.24) is 10.2 Å². The predicted octanol–water partition coefficient (Wildman–Crippen LogP) is 2.91. The molecule has 1 aliphatic heterocycles. The fourth-order valence-corrected chi connectivity index (χ4v) is 2.96. The summed E-state index contributed by atoms with van der Waals surface area (Å²) in [4.78, 5) is 14.4. The van der Waals surface area contributed by atoms with Gasteiger partial charge in [-0.25, -0.2) is 0 Å². The van der Waals surface area contributed by atoms with Crippen molar-refractivity contribution in [3.05, 3.63) is 34.9 Å². The van der Waals surface area contributed by atoms with Gasteiger partial charge in [-0.3, -0.25) is 4.79 Å². The van der Waals surface area contributed by atoms with E-state index in [-0.39, 0.29) is 5.91 Å². The number of carbonyl (C=O) groups is 1. The molecular weight excluding hydrogens is 248 g/mol. The normalized spacial score (nSPS) is 18.9. The molecule has 0 radical (unpaired) electrons. The first kappa shape index (κ1) is 15.0. The lowest BCUT2D eigenvalue weighted by atomic mass is 10.0. The minimum atomic E-state index is 0.149. The van der Waals surface area contributed by atoms with Gasteiger partial charge in [0.2, 0.25) is 0 Å². The summed E-state index contributed by atoms with van der Waals surface area (Å²) in [6, 6.07) is 6.61. The van der Waals surface area contributed by atoms with Gasteiger partial charge >= 0.3 is 0 Å². The Balaban J connectivity index is 1.94. The maximum Gasteiger partial charge on any atom is 0.254 e. The number of hydrogen-bond acceptors (Lipinski definition) is 2. The highest BCUT2D eigenvalue weighted by Crippen LogP contribution is 2.16. The third-order valence-electron chi connectivity index (χ3n) is 4.27. The molecule has 1 atom stereocenters. The summed E-state index contributed by atoms with van der Waals surface area (Å²) in [5, 5.41) is 3.54. The van der Waals surface area contributed by atoms with Gasteiger partial charge in [-0.05, 0) is 50.8 Å². The number of amides is 1. The summed E-state index contributed by atoms with van der Waals surface area (Å²) in [5.74, 6) is 0.149. The molecule has 1 fully saturated rings. The van der Waals surface area contributed by atoms with Crippen LogP contribution in [0.4, 0.5) is 0 Å². The lowest BCUT2D eigenvalue weighted by Crippen LogP contribution is -2.38. The largest absolute Gasteiger partial charge is 0.342 e. The molecule has 2 rings (SSSR count). The number of rotatable bonds is 4. The Morgan fingerprint density at radius 2 is 2.00 bits per heavy atom. The highest BCUT2D eigenvalue weighted by molar-refractivity contribution is 5.96. The fourth-order valence-electron chi connectivity index (χ4n) is 2.96. The second-order valence-corrected chi connectivity index (χ2v) is 5.93. The van der Waals surface area contributed by atoms with Gasteiger partial charge in [0.1, 0.15) is 0 Å². The maximum absolute atomic E-state index is 12.6. The SMILES string of the molecule is Cc1cccc(C)c1C(=O)N(C)CCC1CCCCN1. The molecule has 0 spiro atoms. The van der Waals surface area contributed by atoms with Gasteiger partial charge in [0.15, 0.2) is 0 Å². The molecule has 110 valence electrons. The van der Waals surface area contributed by atoms with Crippen LogP contribution < -0.4 is 5.32 Å². The van der Waals surface area contributed by atoms with Crippen LogP contribution in [0.15, 0.2) is 18.2 Å². The van der Waals surface area contributed by atoms with Crippen molar-refractivity contribution in [2.45, 2.75) is 45.6 Å². The van der Waals surface area contributed by atoms with Crippen LogP contribution in [0, 0.1) is 13.8 Å². The van der Waals surface area contributed by atoms with E-state index in [2.05, 4.69) is 5.32 Å². The number of nitrogens with one attached hydrogen (secondary N) is 1. The van der Waals surface area contributed by atoms with E-state index in [0.717, 1.165) is 36.2 Å². The first-order chi connectivity index (χ1) is 9.59. The van der Waals surface area contributed by atoms with Crippen LogP contribution >= 0.6 is 0 Å². The summed E-state index contributed by atoms with van der Waals surface area (Å²) in [6.07, 6.45) is 4.89. The van der Waals surface area contributed by atoms with E-state index in [4.69, 9.17) is 0 Å². The molecule has 1 heterocycles. The second-order valence-electron chi connectivity index (χ2n) is 5.93. The molecule has 0 saturated carbocycles. The zero-order valence-corrected chi connectivity index (χ0v) is 12.9. The first-order valence-electron chi connectivity index (χ1n) is 7.64. The maximum atomic E-state index is 12.6. The monoisotopic (exact) mass is 274 g/mol. The van der Waals surface area contributed by atoms with Crippen molar-refractivity contribution in [1.29, 1.82) is 0 Å². The van der Waals surface area contributed by atoms with Crippen molar-refractivity contribution in [3.63, 3.8) is 0 Å². The number of piperidine rings is 1. The molecule has 1 N–H and O–H groups in total. The first-order valence-corrected chi connectivity index (χ1v) is 7.64. The van der Waals surface area contributed by atoms with E-state index in [0.29, 0.717) is 6.04 Å². The van der Waals surface area contributed by atoms with Crippen molar-refractivity contribution >= 4 is 5.91 Å². The Bertz CT molecular complexity index is 444. The number of aryl methyl sites for hydroxylation is 2. The average Bonchev–Trinajstić information content (AvgIpc) is 2.45. The van der Waals surface area contributed by atoms with Gasteiger partial charge in [-0.2, -0.15) is 0 Å². The van der Waals surface area contributed by atoms with Crippen LogP contribution in [0.25, 0.3) is 0 Å². The molecule has 3 nitrogen and oxygen atoms in total. The number of nitrogens with zero attached hydrogens (tertiary/aromatic N) is 1. The molecule has 1 aromatic rings. The summed E-state index contributed by atoms with van der Waals surface area (Å²) < 4.78 is 0. The Labute approximate surface area is 122 Å². The second kappa shape index (κ2) is 6.89. The minimum Gasteiger partial charge on any atom is -0.342 e. The van der Waals surface area contributed by atoms with E-state index in [9.17, 15) is 4.79 Å². The van der Waals surface area contributed by atoms with Crippen molar-refractivity contribution in [2.24, 2.45) is 0 Å². The zero-order chi connectivity index (χ0) is 14.5. The molecule has 1 saturated heterocycles. The van der Waals surface area contributed by atoms with Crippen molar-refractivity contribution < 1.29 is 4.79 Å². The molecule has 1 amide bonds. The highest BCUT2D eigenvalue weighted by atomic mass is 16.2. The molecular formula is C17H26N2O. The van der Waals surface area contributed by atoms with Crippen LogP contribution in [0.2, 0.25) is 0 Å². The average molecular weight is 274 g/mol. The van der Waals surface area contributed by atoms with Crippen LogP contribution in [0.5, 0.6) is 0 Å². The predicted molar refractivity (Wildman–Crippen MR) is 83.1 cm³/mol. The van der Waals surface area contributed by atoms with Gasteiger partial charge in [0.25, 0.3) is 5.91 Å². The Hall–Kier alpha value is -1.35. The molecule has 3 heteroatoms. The number of carbonyl (C=O) groups excluding carboxylic acids is 1. The lowest BCUT2D eigenvalue weighted by Gasteiger charge is -2.26. The Morgan fingerprint density at radius 3 is 2.60 bits per heavy atom. The van der Waals surface area contributed by atoms with Crippen molar-refractivity contribution in [2.75, 3.05) is 20.1 Å². The summed E-state index contributed by atoms with van der Waals surface area (Å²) in [7, 11) is 1.91. The van der Waals surface area contributed by atoms with Gasteiger partial charge in [0.05, 0.1) is 0 Å². The quantitative estimate of drug-likeness (QED) is 0.915. The van der Waals surface area contributed by atoms with Crippen molar-refractivity contribution in [3.8, 4) is 0 Å². The standard InChI is InChI=1S/C17H26N2O/c1-13-7-6-8-14(2)16(13)17(20)19(3)12-10-15-9-4-5-11-18-15/h6-8,15,18H,4-5,9-12H2,1-3H3. The molecule has 0 aliphatic carbocycles. The van der Waals surface area contributed by atoms with Gasteiger partial charge in [-0.1, -0.05) is 24.6 Å². The molecule has 1 aliphatic rings. The van der Waals surface area contributed by atoms with Gasteiger partial charge in [-0.15, -0.1) is 0 Å². The lowest BCUT2D eigenvalue weighted by molar-refractivity contribution is 0.0786. The van der Waals surface area contributed by atoms with Crippen LogP contribution in [-0.4, -0.2) is 37.0 Å². The molecule has 1 unspecified atom stereocenters. The third kappa shape index (κ3) is 3.60. The molecule has 0 aromatic heterocycles. The third-order valence-corrected chi connectivity index (χ3v) is 4.27. The molecule has 0 bridgehead atoms. The molecule has 20 heavy (non-hydrogen) atoms. The van der Waals surface area contributed by atoms with E-state index in [1.54, 1.807) is 0 Å². The van der Waals surface area contributed by atoms with E-state index in [1.165, 1.54) is 19.3 Å². The Kier molecular flexibility index (Phi) is 5.18. The van der Waals surface area contributed by atoms with Gasteiger partial charge < -0.3 is 10.2 Å².